The maximum absolute atomic E-state index is 13.6. The molecule has 0 N–H and O–H groups in total. The Morgan fingerprint density at radius 1 is 1.55 bits per heavy atom. The highest BCUT2D eigenvalue weighted by Gasteiger charge is 2.29. The molecule has 0 fully saturated rings. The van der Waals surface area contributed by atoms with Crippen LogP contribution in [0.2, 0.25) is 0 Å². The summed E-state index contributed by atoms with van der Waals surface area (Å²) in [6.07, 6.45) is -0.0771. The molecule has 0 aliphatic rings. The smallest absolute Gasteiger partial charge is 0.258 e. The molecule has 1 aromatic carbocycles. The van der Waals surface area contributed by atoms with Gasteiger partial charge in [-0.1, -0.05) is 0 Å². The Kier molecular flexibility index (Phi) is 4.75. The van der Waals surface area contributed by atoms with E-state index in [-0.39, 0.29) is 6.42 Å². The van der Waals surface area contributed by atoms with E-state index in [1.54, 1.807) is 0 Å². The second-order valence-corrected chi connectivity index (χ2v) is 6.07. The van der Waals surface area contributed by atoms with Crippen LogP contribution in [0.3, 0.4) is 0 Å². The van der Waals surface area contributed by atoms with E-state index in [4.69, 9.17) is 5.26 Å². The fourth-order valence-corrected chi connectivity index (χ4v) is 2.90. The van der Waals surface area contributed by atoms with Crippen molar-refractivity contribution in [3.05, 3.63) is 34.1 Å². The first-order valence-electron chi connectivity index (χ1n) is 5.50. The molecule has 1 atom stereocenters. The highest BCUT2D eigenvalue weighted by atomic mass is 32.2. The molecule has 0 radical (unpaired) electrons. The molecule has 0 spiro atoms. The minimum atomic E-state index is -4.24. The third-order valence-corrected chi connectivity index (χ3v) is 4.78. The average Bonchev–Trinajstić information content (AvgIpc) is 2.37. The number of hydrogen-bond donors (Lipinski definition) is 0. The van der Waals surface area contributed by atoms with Gasteiger partial charge in [0.15, 0.2) is 0 Å². The summed E-state index contributed by atoms with van der Waals surface area (Å²) >= 11 is 0. The summed E-state index contributed by atoms with van der Waals surface area (Å²) in [6, 6.07) is 3.41. The molecule has 1 rings (SSSR count). The molecule has 9 heteroatoms. The summed E-state index contributed by atoms with van der Waals surface area (Å²) in [5.74, 6) is -1.08. The number of nitro benzene ring substituents is 1. The first-order valence-corrected chi connectivity index (χ1v) is 6.94. The summed E-state index contributed by atoms with van der Waals surface area (Å²) in [5.41, 5.74) is -0.522. The summed E-state index contributed by atoms with van der Waals surface area (Å²) in [4.78, 5) is 9.04. The van der Waals surface area contributed by atoms with E-state index in [9.17, 15) is 22.9 Å². The number of non-ortho nitro benzene ring substituents is 1. The number of rotatable bonds is 5. The molecular formula is C11H12FN3O4S. The maximum atomic E-state index is 13.6. The fourth-order valence-electron chi connectivity index (χ4n) is 1.46. The van der Waals surface area contributed by atoms with Crippen molar-refractivity contribution in [2.24, 2.45) is 0 Å². The van der Waals surface area contributed by atoms with Crippen LogP contribution in [0, 0.1) is 27.3 Å². The summed E-state index contributed by atoms with van der Waals surface area (Å²) in [6.45, 7) is 1.48. The number of nitriles is 1. The Balaban J connectivity index is 3.32. The molecule has 20 heavy (non-hydrogen) atoms. The Bertz CT molecular complexity index is 669. The van der Waals surface area contributed by atoms with Gasteiger partial charge in [-0.2, -0.15) is 9.57 Å². The minimum Gasteiger partial charge on any atom is -0.258 e. The third-order valence-electron chi connectivity index (χ3n) is 2.79. The lowest BCUT2D eigenvalue weighted by Gasteiger charge is -2.22. The topological polar surface area (TPSA) is 104 Å². The molecule has 0 aromatic heterocycles. The summed E-state index contributed by atoms with van der Waals surface area (Å²) in [5, 5.41) is 19.2. The summed E-state index contributed by atoms with van der Waals surface area (Å²) < 4.78 is 38.9. The Morgan fingerprint density at radius 3 is 2.65 bits per heavy atom. The van der Waals surface area contributed by atoms with E-state index >= 15 is 0 Å². The van der Waals surface area contributed by atoms with Gasteiger partial charge in [0, 0.05) is 25.2 Å². The molecule has 1 unspecified atom stereocenters. The van der Waals surface area contributed by atoms with E-state index in [2.05, 4.69) is 0 Å². The largest absolute Gasteiger partial charge is 0.270 e. The van der Waals surface area contributed by atoms with E-state index in [0.29, 0.717) is 6.07 Å². The highest BCUT2D eigenvalue weighted by Crippen LogP contribution is 2.25. The second-order valence-electron chi connectivity index (χ2n) is 4.10. The van der Waals surface area contributed by atoms with Crippen molar-refractivity contribution >= 4 is 15.7 Å². The molecule has 0 heterocycles. The van der Waals surface area contributed by atoms with Crippen LogP contribution in [0.25, 0.3) is 0 Å². The molecule has 7 nitrogen and oxygen atoms in total. The lowest BCUT2D eigenvalue weighted by Crippen LogP contribution is -2.35. The zero-order valence-electron chi connectivity index (χ0n) is 10.8. The van der Waals surface area contributed by atoms with Crippen LogP contribution in [0.4, 0.5) is 10.1 Å². The van der Waals surface area contributed by atoms with Gasteiger partial charge in [0.25, 0.3) is 5.69 Å². The lowest BCUT2D eigenvalue weighted by molar-refractivity contribution is -0.385. The second kappa shape index (κ2) is 5.94. The first-order chi connectivity index (χ1) is 9.21. The van der Waals surface area contributed by atoms with Gasteiger partial charge in [-0.05, 0) is 13.0 Å². The predicted octanol–water partition coefficient (Wildman–Crippen LogP) is 1.66. The first kappa shape index (κ1) is 16.0. The van der Waals surface area contributed by atoms with E-state index < -0.39 is 37.4 Å². The minimum absolute atomic E-state index is 0.0771. The fraction of sp³-hybridized carbons (Fsp3) is 0.364. The van der Waals surface area contributed by atoms with Crippen molar-refractivity contribution in [2.45, 2.75) is 24.3 Å². The molecule has 0 bridgehead atoms. The van der Waals surface area contributed by atoms with Crippen LogP contribution in [0.1, 0.15) is 13.3 Å². The molecule has 0 saturated carbocycles. The van der Waals surface area contributed by atoms with Gasteiger partial charge < -0.3 is 0 Å². The van der Waals surface area contributed by atoms with Crippen LogP contribution in [0.5, 0.6) is 0 Å². The number of nitrogens with zero attached hydrogens (tertiary/aromatic N) is 3. The molecule has 1 aromatic rings. The van der Waals surface area contributed by atoms with Gasteiger partial charge in [0.2, 0.25) is 10.0 Å². The van der Waals surface area contributed by atoms with Crippen molar-refractivity contribution < 1.29 is 17.7 Å². The lowest BCUT2D eigenvalue weighted by atomic mass is 10.3. The Labute approximate surface area is 115 Å². The van der Waals surface area contributed by atoms with Crippen LogP contribution >= 0.6 is 0 Å². The maximum Gasteiger partial charge on any atom is 0.270 e. The quantitative estimate of drug-likeness (QED) is 0.607. The zero-order chi connectivity index (χ0) is 15.5. The number of hydrogen-bond acceptors (Lipinski definition) is 5. The standard InChI is InChI=1S/C11H12FN3O4S/c1-8(5-6-13)14(2)20(18,19)11-7-9(15(16)17)3-4-10(11)12/h3-4,7-8H,5H2,1-2H3. The number of nitro groups is 1. The van der Waals surface area contributed by atoms with E-state index in [0.717, 1.165) is 16.4 Å². The van der Waals surface area contributed by atoms with Gasteiger partial charge in [0.1, 0.15) is 10.7 Å². The van der Waals surface area contributed by atoms with Gasteiger partial charge in [-0.25, -0.2) is 12.8 Å². The SMILES string of the molecule is CC(CC#N)N(C)S(=O)(=O)c1cc([N+](=O)[O-])ccc1F. The van der Waals surface area contributed by atoms with Crippen molar-refractivity contribution in [3.63, 3.8) is 0 Å². The van der Waals surface area contributed by atoms with Crippen LogP contribution in [-0.4, -0.2) is 30.7 Å². The van der Waals surface area contributed by atoms with Crippen molar-refractivity contribution in [3.8, 4) is 6.07 Å². The van der Waals surface area contributed by atoms with Gasteiger partial charge in [-0.3, -0.25) is 10.1 Å². The van der Waals surface area contributed by atoms with Crippen molar-refractivity contribution in [2.75, 3.05) is 7.05 Å². The predicted molar refractivity (Wildman–Crippen MR) is 67.7 cm³/mol. The molecule has 0 aliphatic carbocycles. The van der Waals surface area contributed by atoms with E-state index in [1.807, 2.05) is 6.07 Å². The molecular weight excluding hydrogens is 289 g/mol. The Hall–Kier alpha value is -2.05. The zero-order valence-corrected chi connectivity index (χ0v) is 11.6. The van der Waals surface area contributed by atoms with Crippen molar-refractivity contribution in [1.82, 2.24) is 4.31 Å². The van der Waals surface area contributed by atoms with Crippen LogP contribution in [0.15, 0.2) is 23.1 Å². The average molecular weight is 301 g/mol. The summed E-state index contributed by atoms with van der Waals surface area (Å²) in [7, 11) is -3.05. The number of halogens is 1. The van der Waals surface area contributed by atoms with Crippen molar-refractivity contribution in [1.29, 1.82) is 5.26 Å². The van der Waals surface area contributed by atoms with Gasteiger partial charge in [-0.15, -0.1) is 0 Å². The highest BCUT2D eigenvalue weighted by molar-refractivity contribution is 7.89. The Morgan fingerprint density at radius 2 is 2.15 bits per heavy atom. The normalized spacial score (nSPS) is 12.9. The number of sulfonamides is 1. The van der Waals surface area contributed by atoms with Crippen LogP contribution < -0.4 is 0 Å². The monoisotopic (exact) mass is 301 g/mol. The molecule has 108 valence electrons. The third kappa shape index (κ3) is 3.09. The molecule has 0 amide bonds. The van der Waals surface area contributed by atoms with E-state index in [1.165, 1.54) is 14.0 Å². The van der Waals surface area contributed by atoms with Gasteiger partial charge >= 0.3 is 0 Å². The van der Waals surface area contributed by atoms with Crippen LogP contribution in [-0.2, 0) is 10.0 Å². The van der Waals surface area contributed by atoms with Gasteiger partial charge in [0.05, 0.1) is 17.4 Å². The molecule has 0 saturated heterocycles. The molecule has 0 aliphatic heterocycles. The number of benzene rings is 1.